The highest BCUT2D eigenvalue weighted by molar-refractivity contribution is 7.90. The number of halogens is 1. The average Bonchev–Trinajstić information content (AvgIpc) is 3.11. The molecule has 0 amide bonds. The standard InChI is InChI=1S/C24H25FN6O3S/c1-15(34-14-16-6-4-3-5-7-16)20-9-8-19-21(35(27,33)30-20)13-31(2)23(19)24(32)29-17-10-18(12-26)28-22(25)11-17/h3-11,13,15,20,24,32H,14H2,1-2H3,(H,28,29)(H2,27,30,33)/t15-,20-,24?,35?/m1/s1. The Bertz CT molecular complexity index is 1400. The third-order valence-corrected chi connectivity index (χ3v) is 7.20. The lowest BCUT2D eigenvalue weighted by molar-refractivity contribution is 0.0425. The van der Waals surface area contributed by atoms with Gasteiger partial charge in [0.15, 0.2) is 6.23 Å². The first-order valence-corrected chi connectivity index (χ1v) is 12.3. The van der Waals surface area contributed by atoms with Crippen LogP contribution in [0.2, 0.25) is 0 Å². The van der Waals surface area contributed by atoms with Crippen molar-refractivity contribution in [1.29, 1.82) is 10.0 Å². The van der Waals surface area contributed by atoms with Gasteiger partial charge in [0, 0.05) is 30.6 Å². The van der Waals surface area contributed by atoms with E-state index in [-0.39, 0.29) is 16.3 Å². The summed E-state index contributed by atoms with van der Waals surface area (Å²) >= 11 is 0. The van der Waals surface area contributed by atoms with Gasteiger partial charge in [0.25, 0.3) is 0 Å². The highest BCUT2D eigenvalue weighted by Crippen LogP contribution is 2.32. The van der Waals surface area contributed by atoms with Crippen LogP contribution in [-0.4, -0.2) is 31.0 Å². The number of pyridine rings is 1. The molecule has 4 atom stereocenters. The average molecular weight is 497 g/mol. The summed E-state index contributed by atoms with van der Waals surface area (Å²) in [6.45, 7) is 2.20. The van der Waals surface area contributed by atoms with E-state index in [0.29, 0.717) is 17.9 Å². The SMILES string of the molecule is C[C@@H](OCc1ccccc1)[C@H]1C=Cc2c(cn(C)c2C(O)Nc2cc(F)nc(C#N)c2)S(=N)(=O)N1. The molecule has 1 aromatic carbocycles. The van der Waals surface area contributed by atoms with Crippen LogP contribution in [0, 0.1) is 22.1 Å². The van der Waals surface area contributed by atoms with E-state index in [1.54, 1.807) is 29.8 Å². The second-order valence-electron chi connectivity index (χ2n) is 8.19. The Kier molecular flexibility index (Phi) is 7.00. The topological polar surface area (TPSA) is 136 Å². The van der Waals surface area contributed by atoms with Gasteiger partial charge in [-0.05, 0) is 18.6 Å². The second-order valence-corrected chi connectivity index (χ2v) is 9.97. The summed E-state index contributed by atoms with van der Waals surface area (Å²) in [5.74, 6) is -0.866. The van der Waals surface area contributed by atoms with Crippen LogP contribution in [0.15, 0.2) is 59.6 Å². The van der Waals surface area contributed by atoms with E-state index in [0.717, 1.165) is 11.6 Å². The maximum atomic E-state index is 13.7. The minimum Gasteiger partial charge on any atom is -0.372 e. The van der Waals surface area contributed by atoms with Crippen molar-refractivity contribution < 1.29 is 18.4 Å². The number of hydrogen-bond donors (Lipinski definition) is 4. The van der Waals surface area contributed by atoms with E-state index >= 15 is 0 Å². The molecule has 0 saturated carbocycles. The zero-order valence-electron chi connectivity index (χ0n) is 19.1. The predicted molar refractivity (Wildman–Crippen MR) is 129 cm³/mol. The molecule has 2 unspecified atom stereocenters. The quantitative estimate of drug-likeness (QED) is 0.292. The van der Waals surface area contributed by atoms with E-state index in [1.807, 2.05) is 37.3 Å². The molecule has 11 heteroatoms. The molecule has 0 spiro atoms. The molecule has 0 saturated heterocycles. The first kappa shape index (κ1) is 24.6. The summed E-state index contributed by atoms with van der Waals surface area (Å²) < 4.78 is 46.0. The number of rotatable bonds is 7. The van der Waals surface area contributed by atoms with Crippen LogP contribution >= 0.6 is 0 Å². The van der Waals surface area contributed by atoms with Crippen LogP contribution in [-0.2, 0) is 28.3 Å². The van der Waals surface area contributed by atoms with Gasteiger partial charge in [0.1, 0.15) is 21.7 Å². The van der Waals surface area contributed by atoms with Crippen molar-refractivity contribution in [1.82, 2.24) is 14.3 Å². The van der Waals surface area contributed by atoms with Crippen molar-refractivity contribution in [3.63, 3.8) is 0 Å². The molecule has 0 bridgehead atoms. The molecule has 0 fully saturated rings. The van der Waals surface area contributed by atoms with Gasteiger partial charge in [0.05, 0.1) is 29.3 Å². The number of aromatic nitrogens is 2. The Labute approximate surface area is 203 Å². The van der Waals surface area contributed by atoms with E-state index in [1.165, 1.54) is 12.3 Å². The number of nitrogens with zero attached hydrogens (tertiary/aromatic N) is 3. The number of nitriles is 1. The minimum absolute atomic E-state index is 0.143. The summed E-state index contributed by atoms with van der Waals surface area (Å²) in [5.41, 5.74) is 1.74. The molecule has 1 aliphatic rings. The highest BCUT2D eigenvalue weighted by atomic mass is 32.2. The van der Waals surface area contributed by atoms with E-state index in [4.69, 9.17) is 14.8 Å². The monoisotopic (exact) mass is 496 g/mol. The van der Waals surface area contributed by atoms with Crippen molar-refractivity contribution in [3.8, 4) is 6.07 Å². The largest absolute Gasteiger partial charge is 0.372 e. The number of aliphatic hydroxyl groups excluding tert-OH is 1. The molecule has 0 radical (unpaired) electrons. The second kappa shape index (κ2) is 9.97. The van der Waals surface area contributed by atoms with Crippen LogP contribution in [0.1, 0.15) is 35.7 Å². The van der Waals surface area contributed by atoms with Gasteiger partial charge in [-0.25, -0.2) is 18.7 Å². The van der Waals surface area contributed by atoms with E-state index in [2.05, 4.69) is 15.0 Å². The molecular weight excluding hydrogens is 471 g/mol. The third-order valence-electron chi connectivity index (χ3n) is 5.65. The van der Waals surface area contributed by atoms with Crippen LogP contribution in [0.3, 0.4) is 0 Å². The van der Waals surface area contributed by atoms with Gasteiger partial charge in [0.2, 0.25) is 5.95 Å². The molecule has 3 heterocycles. The molecule has 4 rings (SSSR count). The van der Waals surface area contributed by atoms with Gasteiger partial charge in [-0.1, -0.05) is 42.5 Å². The molecule has 4 N–H and O–H groups in total. The van der Waals surface area contributed by atoms with E-state index in [9.17, 15) is 13.7 Å². The predicted octanol–water partition coefficient (Wildman–Crippen LogP) is 3.44. The molecule has 0 aliphatic carbocycles. The summed E-state index contributed by atoms with van der Waals surface area (Å²) in [4.78, 5) is 3.66. The maximum Gasteiger partial charge on any atom is 0.216 e. The van der Waals surface area contributed by atoms with Gasteiger partial charge in [-0.2, -0.15) is 9.65 Å². The van der Waals surface area contributed by atoms with Crippen molar-refractivity contribution in [2.75, 3.05) is 5.32 Å². The van der Waals surface area contributed by atoms with Crippen LogP contribution in [0.5, 0.6) is 0 Å². The van der Waals surface area contributed by atoms with Gasteiger partial charge in [-0.15, -0.1) is 0 Å². The molecule has 2 aromatic heterocycles. The summed E-state index contributed by atoms with van der Waals surface area (Å²) in [6, 6.07) is 13.3. The number of ether oxygens (including phenoxy) is 1. The van der Waals surface area contributed by atoms with E-state index < -0.39 is 34.2 Å². The Balaban J connectivity index is 1.59. The zero-order valence-corrected chi connectivity index (χ0v) is 19.9. The fourth-order valence-electron chi connectivity index (χ4n) is 3.88. The number of aryl methyl sites for hydroxylation is 1. The normalized spacial score (nSPS) is 20.9. The number of benzene rings is 1. The highest BCUT2D eigenvalue weighted by Gasteiger charge is 2.30. The zero-order chi connectivity index (χ0) is 25.2. The fraction of sp³-hybridized carbons (Fsp3) is 0.250. The van der Waals surface area contributed by atoms with Crippen molar-refractivity contribution >= 4 is 21.7 Å². The summed E-state index contributed by atoms with van der Waals surface area (Å²) in [6.07, 6.45) is 3.23. The lowest BCUT2D eigenvalue weighted by Crippen LogP contribution is -2.40. The van der Waals surface area contributed by atoms with Gasteiger partial charge in [-0.3, -0.25) is 0 Å². The number of anilines is 1. The molecule has 9 nitrogen and oxygen atoms in total. The number of fused-ring (bicyclic) bond motifs is 1. The molecule has 182 valence electrons. The minimum atomic E-state index is -3.45. The lowest BCUT2D eigenvalue weighted by atomic mass is 10.1. The Morgan fingerprint density at radius 1 is 1.40 bits per heavy atom. The molecular formula is C24H25FN6O3S. The Morgan fingerprint density at radius 2 is 2.14 bits per heavy atom. The van der Waals surface area contributed by atoms with Crippen LogP contribution < -0.4 is 10.0 Å². The van der Waals surface area contributed by atoms with Gasteiger partial charge < -0.3 is 19.7 Å². The fourth-order valence-corrected chi connectivity index (χ4v) is 5.45. The van der Waals surface area contributed by atoms with Gasteiger partial charge >= 0.3 is 0 Å². The molecule has 3 aromatic rings. The van der Waals surface area contributed by atoms with Crippen molar-refractivity contribution in [2.45, 2.75) is 36.8 Å². The van der Waals surface area contributed by atoms with Crippen LogP contribution in [0.4, 0.5) is 10.1 Å². The molecule has 1 aliphatic heterocycles. The van der Waals surface area contributed by atoms with Crippen LogP contribution in [0.25, 0.3) is 6.08 Å². The first-order chi connectivity index (χ1) is 16.7. The first-order valence-electron chi connectivity index (χ1n) is 10.8. The third kappa shape index (κ3) is 5.41. The number of nitrogens with one attached hydrogen (secondary N) is 3. The smallest absolute Gasteiger partial charge is 0.216 e. The summed E-state index contributed by atoms with van der Waals surface area (Å²) in [5, 5.41) is 22.7. The van der Waals surface area contributed by atoms with Crippen molar-refractivity contribution in [2.24, 2.45) is 7.05 Å². The number of hydrogen-bond acceptors (Lipinski definition) is 7. The molecule has 35 heavy (non-hydrogen) atoms. The maximum absolute atomic E-state index is 13.7. The lowest BCUT2D eigenvalue weighted by Gasteiger charge is -2.22. The van der Waals surface area contributed by atoms with Crippen molar-refractivity contribution in [3.05, 3.63) is 83.2 Å². The number of aliphatic hydroxyl groups is 1. The Hall–Kier alpha value is -3.56. The Morgan fingerprint density at radius 3 is 2.86 bits per heavy atom. The summed E-state index contributed by atoms with van der Waals surface area (Å²) in [7, 11) is -1.80.